The predicted molar refractivity (Wildman–Crippen MR) is 73.5 cm³/mol. The van der Waals surface area contributed by atoms with Crippen molar-refractivity contribution in [2.75, 3.05) is 0 Å². The van der Waals surface area contributed by atoms with Crippen molar-refractivity contribution in [2.45, 2.75) is 64.5 Å². The molecule has 0 aromatic carbocycles. The molecular weight excluding hydrogens is 222 g/mol. The third-order valence-electron chi connectivity index (χ3n) is 5.17. The summed E-state index contributed by atoms with van der Waals surface area (Å²) in [5.41, 5.74) is 1.42. The van der Waals surface area contributed by atoms with Crippen LogP contribution in [0.2, 0.25) is 0 Å². The van der Waals surface area contributed by atoms with Gasteiger partial charge in [-0.25, -0.2) is 0 Å². The molecule has 4 atom stereocenters. The van der Waals surface area contributed by atoms with Crippen LogP contribution in [0.25, 0.3) is 0 Å². The summed E-state index contributed by atoms with van der Waals surface area (Å²) in [6.45, 7) is 4.82. The van der Waals surface area contributed by atoms with E-state index >= 15 is 0 Å². The Hall–Kier alpha value is -0.760. The number of hydrogen-bond acceptors (Lipinski definition) is 2. The van der Waals surface area contributed by atoms with E-state index in [2.05, 4.69) is 25.2 Å². The van der Waals surface area contributed by atoms with E-state index in [0.717, 1.165) is 18.3 Å². The smallest absolute Gasteiger partial charge is 0.108 e. The van der Waals surface area contributed by atoms with Crippen LogP contribution in [0.5, 0.6) is 0 Å². The van der Waals surface area contributed by atoms with Crippen LogP contribution in [0.15, 0.2) is 16.7 Å². The van der Waals surface area contributed by atoms with Gasteiger partial charge < -0.3 is 9.73 Å². The topological polar surface area (TPSA) is 25.2 Å². The van der Waals surface area contributed by atoms with Crippen LogP contribution < -0.4 is 5.32 Å². The van der Waals surface area contributed by atoms with Crippen molar-refractivity contribution in [3.63, 3.8) is 0 Å². The molecule has 2 aliphatic carbocycles. The zero-order chi connectivity index (χ0) is 12.5. The summed E-state index contributed by atoms with van der Waals surface area (Å²) >= 11 is 0. The van der Waals surface area contributed by atoms with Gasteiger partial charge in [-0.15, -0.1) is 0 Å². The maximum atomic E-state index is 5.58. The number of hydrogen-bond donors (Lipinski definition) is 1. The first kappa shape index (κ1) is 12.3. The second-order valence-electron chi connectivity index (χ2n) is 6.28. The summed E-state index contributed by atoms with van der Waals surface area (Å²) in [6, 6.07) is 3.40. The highest BCUT2D eigenvalue weighted by molar-refractivity contribution is 5.24. The van der Waals surface area contributed by atoms with Gasteiger partial charge in [0.05, 0.1) is 6.26 Å². The summed E-state index contributed by atoms with van der Waals surface area (Å²) in [4.78, 5) is 0. The molecule has 1 N–H and O–H groups in total. The first-order valence-corrected chi connectivity index (χ1v) is 7.58. The van der Waals surface area contributed by atoms with Crippen molar-refractivity contribution < 1.29 is 4.42 Å². The van der Waals surface area contributed by atoms with Crippen molar-refractivity contribution >= 4 is 0 Å². The summed E-state index contributed by atoms with van der Waals surface area (Å²) < 4.78 is 5.58. The largest absolute Gasteiger partial charge is 0.469 e. The van der Waals surface area contributed by atoms with E-state index in [0.29, 0.717) is 12.1 Å². The van der Waals surface area contributed by atoms with Gasteiger partial charge in [0.15, 0.2) is 0 Å². The quantitative estimate of drug-likeness (QED) is 0.852. The maximum Gasteiger partial charge on any atom is 0.108 e. The second-order valence-corrected chi connectivity index (χ2v) is 6.28. The summed E-state index contributed by atoms with van der Waals surface area (Å²) in [7, 11) is 0. The van der Waals surface area contributed by atoms with Gasteiger partial charge in [0.1, 0.15) is 5.76 Å². The number of furan rings is 1. The third-order valence-corrected chi connectivity index (χ3v) is 5.17. The van der Waals surface area contributed by atoms with Gasteiger partial charge in [0, 0.05) is 24.1 Å². The normalized spacial score (nSPS) is 36.3. The molecule has 1 aromatic rings. The number of fused-ring (bicyclic) bond motifs is 1. The van der Waals surface area contributed by atoms with Gasteiger partial charge in [-0.3, -0.25) is 0 Å². The number of rotatable bonds is 2. The van der Waals surface area contributed by atoms with Gasteiger partial charge in [-0.1, -0.05) is 26.7 Å². The minimum atomic E-state index is 0.533. The Morgan fingerprint density at radius 1 is 1.17 bits per heavy atom. The molecule has 2 nitrogen and oxygen atoms in total. The Bertz CT molecular complexity index is 398. The SMILES string of the molecule is CC1CCCC(NC2CCCc3occc32)C1C. The molecule has 0 amide bonds. The average molecular weight is 247 g/mol. The molecule has 100 valence electrons. The molecule has 2 aliphatic rings. The zero-order valence-corrected chi connectivity index (χ0v) is 11.6. The van der Waals surface area contributed by atoms with E-state index in [9.17, 15) is 0 Å². The van der Waals surface area contributed by atoms with Crippen LogP contribution in [0.3, 0.4) is 0 Å². The van der Waals surface area contributed by atoms with Crippen molar-refractivity contribution in [2.24, 2.45) is 11.8 Å². The molecule has 3 rings (SSSR count). The minimum absolute atomic E-state index is 0.533. The maximum absolute atomic E-state index is 5.58. The fourth-order valence-corrected chi connectivity index (χ4v) is 3.74. The van der Waals surface area contributed by atoms with Gasteiger partial charge in [0.25, 0.3) is 0 Å². The molecule has 0 saturated heterocycles. The number of aryl methyl sites for hydroxylation is 1. The molecule has 0 radical (unpaired) electrons. The fraction of sp³-hybridized carbons (Fsp3) is 0.750. The standard InChI is InChI=1S/C16H25NO/c1-11-5-3-6-14(12(11)2)17-15-7-4-8-16-13(15)9-10-18-16/h9-12,14-15,17H,3-8H2,1-2H3. The van der Waals surface area contributed by atoms with Gasteiger partial charge in [-0.05, 0) is 37.2 Å². The van der Waals surface area contributed by atoms with E-state index < -0.39 is 0 Å². The Labute approximate surface area is 110 Å². The van der Waals surface area contributed by atoms with E-state index in [1.54, 1.807) is 0 Å². The van der Waals surface area contributed by atoms with E-state index in [1.807, 2.05) is 6.26 Å². The van der Waals surface area contributed by atoms with Crippen molar-refractivity contribution in [1.29, 1.82) is 0 Å². The van der Waals surface area contributed by atoms with Crippen molar-refractivity contribution in [3.05, 3.63) is 23.7 Å². The van der Waals surface area contributed by atoms with Crippen LogP contribution in [-0.4, -0.2) is 6.04 Å². The minimum Gasteiger partial charge on any atom is -0.469 e. The number of nitrogens with one attached hydrogen (secondary N) is 1. The van der Waals surface area contributed by atoms with Crippen molar-refractivity contribution in [1.82, 2.24) is 5.32 Å². The van der Waals surface area contributed by atoms with Crippen LogP contribution >= 0.6 is 0 Å². The van der Waals surface area contributed by atoms with Gasteiger partial charge >= 0.3 is 0 Å². The van der Waals surface area contributed by atoms with Crippen LogP contribution in [-0.2, 0) is 6.42 Å². The van der Waals surface area contributed by atoms with E-state index in [1.165, 1.54) is 43.4 Å². The lowest BCUT2D eigenvalue weighted by Gasteiger charge is -2.38. The monoisotopic (exact) mass is 247 g/mol. The lowest BCUT2D eigenvalue weighted by molar-refractivity contribution is 0.188. The first-order valence-electron chi connectivity index (χ1n) is 7.58. The van der Waals surface area contributed by atoms with Gasteiger partial charge in [0.2, 0.25) is 0 Å². The molecule has 1 heterocycles. The Morgan fingerprint density at radius 2 is 2.06 bits per heavy atom. The lowest BCUT2D eigenvalue weighted by atomic mass is 9.77. The molecule has 1 aromatic heterocycles. The highest BCUT2D eigenvalue weighted by atomic mass is 16.3. The summed E-state index contributed by atoms with van der Waals surface area (Å²) in [5.74, 6) is 2.88. The van der Waals surface area contributed by atoms with E-state index in [-0.39, 0.29) is 0 Å². The second kappa shape index (κ2) is 5.08. The highest BCUT2D eigenvalue weighted by Crippen LogP contribution is 2.35. The average Bonchev–Trinajstić information content (AvgIpc) is 2.84. The van der Waals surface area contributed by atoms with Crippen molar-refractivity contribution in [3.8, 4) is 0 Å². The molecule has 2 heteroatoms. The highest BCUT2D eigenvalue weighted by Gasteiger charge is 2.31. The van der Waals surface area contributed by atoms with Crippen LogP contribution in [0, 0.1) is 11.8 Å². The molecular formula is C16H25NO. The summed E-state index contributed by atoms with van der Waals surface area (Å²) in [5, 5.41) is 3.92. The molecule has 1 saturated carbocycles. The molecule has 0 aliphatic heterocycles. The van der Waals surface area contributed by atoms with Crippen LogP contribution in [0.1, 0.15) is 63.3 Å². The zero-order valence-electron chi connectivity index (χ0n) is 11.6. The molecule has 18 heavy (non-hydrogen) atoms. The molecule has 0 spiro atoms. The predicted octanol–water partition coefficient (Wildman–Crippen LogP) is 4.07. The third kappa shape index (κ3) is 2.23. The molecule has 0 bridgehead atoms. The van der Waals surface area contributed by atoms with Gasteiger partial charge in [-0.2, -0.15) is 0 Å². The lowest BCUT2D eigenvalue weighted by Crippen LogP contribution is -2.43. The molecule has 4 unspecified atom stereocenters. The fourth-order valence-electron chi connectivity index (χ4n) is 3.74. The van der Waals surface area contributed by atoms with E-state index in [4.69, 9.17) is 4.42 Å². The Kier molecular flexibility index (Phi) is 3.47. The Morgan fingerprint density at radius 3 is 2.94 bits per heavy atom. The molecule has 1 fully saturated rings. The summed E-state index contributed by atoms with van der Waals surface area (Å²) in [6.07, 6.45) is 9.64. The Balaban J connectivity index is 1.70. The van der Waals surface area contributed by atoms with Crippen LogP contribution in [0.4, 0.5) is 0 Å². The first-order chi connectivity index (χ1) is 8.75.